The predicted octanol–water partition coefficient (Wildman–Crippen LogP) is 2.49. The molecule has 7 nitrogen and oxygen atoms in total. The van der Waals surface area contributed by atoms with Crippen LogP contribution in [0.25, 0.3) is 5.82 Å². The van der Waals surface area contributed by atoms with Crippen LogP contribution < -0.4 is 4.90 Å². The van der Waals surface area contributed by atoms with Crippen LogP contribution in [0.15, 0.2) is 53.0 Å². The van der Waals surface area contributed by atoms with Crippen LogP contribution >= 0.6 is 22.9 Å². The molecule has 10 heteroatoms. The number of nitrogens with zero attached hydrogens (tertiary/aromatic N) is 5. The van der Waals surface area contributed by atoms with E-state index < -0.39 is 10.0 Å². The highest BCUT2D eigenvalue weighted by atomic mass is 35.5. The lowest BCUT2D eigenvalue weighted by atomic mass is 10.3. The van der Waals surface area contributed by atoms with Gasteiger partial charge >= 0.3 is 0 Å². The summed E-state index contributed by atoms with van der Waals surface area (Å²) in [5.74, 6) is 1.49. The molecule has 26 heavy (non-hydrogen) atoms. The van der Waals surface area contributed by atoms with Crippen molar-refractivity contribution in [2.24, 2.45) is 0 Å². The van der Waals surface area contributed by atoms with Crippen molar-refractivity contribution < 1.29 is 8.42 Å². The lowest BCUT2D eigenvalue weighted by molar-refractivity contribution is 0.384. The minimum atomic E-state index is -3.48. The van der Waals surface area contributed by atoms with Crippen LogP contribution in [0.3, 0.4) is 0 Å². The van der Waals surface area contributed by atoms with E-state index >= 15 is 0 Å². The number of sulfonamides is 1. The van der Waals surface area contributed by atoms with E-state index in [2.05, 4.69) is 10.2 Å². The monoisotopic (exact) mass is 409 g/mol. The molecule has 4 heterocycles. The summed E-state index contributed by atoms with van der Waals surface area (Å²) in [6.07, 6.45) is 3.81. The zero-order valence-corrected chi connectivity index (χ0v) is 16.1. The van der Waals surface area contributed by atoms with E-state index in [0.717, 1.165) is 23.0 Å². The van der Waals surface area contributed by atoms with E-state index in [1.54, 1.807) is 12.1 Å². The Morgan fingerprint density at radius 2 is 1.58 bits per heavy atom. The lowest BCUT2D eigenvalue weighted by Gasteiger charge is -2.34. The number of rotatable bonds is 4. The first kappa shape index (κ1) is 17.5. The number of anilines is 1. The van der Waals surface area contributed by atoms with Crippen LogP contribution in [0, 0.1) is 0 Å². The standard InChI is InChI=1S/C16H16ClN5O2S2/c17-13-3-6-16(25-13)26(23,24)22-11-9-21(10-12-22)15-5-4-14(18-19-15)20-7-1-2-8-20/h1-8H,9-12H2. The van der Waals surface area contributed by atoms with Gasteiger partial charge < -0.3 is 9.47 Å². The second-order valence-corrected chi connectivity index (χ2v) is 9.67. The summed E-state index contributed by atoms with van der Waals surface area (Å²) >= 11 is 6.95. The van der Waals surface area contributed by atoms with E-state index in [9.17, 15) is 8.42 Å². The van der Waals surface area contributed by atoms with Gasteiger partial charge in [-0.2, -0.15) is 4.31 Å². The predicted molar refractivity (Wildman–Crippen MR) is 102 cm³/mol. The third kappa shape index (κ3) is 3.35. The maximum absolute atomic E-state index is 12.6. The zero-order valence-electron chi connectivity index (χ0n) is 13.7. The summed E-state index contributed by atoms with van der Waals surface area (Å²) in [4.78, 5) is 2.04. The third-order valence-corrected chi connectivity index (χ3v) is 7.81. The first-order chi connectivity index (χ1) is 12.5. The Balaban J connectivity index is 1.43. The summed E-state index contributed by atoms with van der Waals surface area (Å²) < 4.78 is 29.4. The van der Waals surface area contributed by atoms with Crippen LogP contribution in [-0.4, -0.2) is 53.7 Å². The Morgan fingerprint density at radius 1 is 0.923 bits per heavy atom. The van der Waals surface area contributed by atoms with Gasteiger partial charge in [0.2, 0.25) is 0 Å². The molecule has 0 saturated carbocycles. The summed E-state index contributed by atoms with van der Waals surface area (Å²) in [7, 11) is -3.48. The van der Waals surface area contributed by atoms with Gasteiger partial charge in [-0.05, 0) is 36.4 Å². The molecular weight excluding hydrogens is 394 g/mol. The maximum atomic E-state index is 12.6. The van der Waals surface area contributed by atoms with Gasteiger partial charge in [0.05, 0.1) is 4.34 Å². The average molecular weight is 410 g/mol. The van der Waals surface area contributed by atoms with Gasteiger partial charge in [-0.25, -0.2) is 8.42 Å². The molecule has 4 rings (SSSR count). The topological polar surface area (TPSA) is 71.3 Å². The van der Waals surface area contributed by atoms with Crippen molar-refractivity contribution in [2.45, 2.75) is 4.21 Å². The maximum Gasteiger partial charge on any atom is 0.252 e. The molecule has 0 aliphatic carbocycles. The van der Waals surface area contributed by atoms with Crippen LogP contribution in [0.4, 0.5) is 5.82 Å². The van der Waals surface area contributed by atoms with Crippen molar-refractivity contribution in [3.05, 3.63) is 53.1 Å². The SMILES string of the molecule is O=S(=O)(c1ccc(Cl)s1)N1CCN(c2ccc(-n3cccc3)nn2)CC1. The highest BCUT2D eigenvalue weighted by Crippen LogP contribution is 2.29. The van der Waals surface area contributed by atoms with Gasteiger partial charge in [0, 0.05) is 38.6 Å². The Labute approximate surface area is 160 Å². The van der Waals surface area contributed by atoms with Crippen molar-refractivity contribution in [3.63, 3.8) is 0 Å². The molecule has 0 N–H and O–H groups in total. The Kier molecular flexibility index (Phi) is 4.70. The first-order valence-electron chi connectivity index (χ1n) is 8.01. The minimum absolute atomic E-state index is 0.284. The molecule has 0 atom stereocenters. The molecular formula is C16H16ClN5O2S2. The fraction of sp³-hybridized carbons (Fsp3) is 0.250. The lowest BCUT2D eigenvalue weighted by Crippen LogP contribution is -2.48. The van der Waals surface area contributed by atoms with E-state index in [-0.39, 0.29) is 4.21 Å². The van der Waals surface area contributed by atoms with Gasteiger partial charge in [0.15, 0.2) is 11.6 Å². The van der Waals surface area contributed by atoms with Gasteiger partial charge in [0.1, 0.15) is 4.21 Å². The summed E-state index contributed by atoms with van der Waals surface area (Å²) in [5.41, 5.74) is 0. The molecule has 1 saturated heterocycles. The number of halogens is 1. The molecule has 0 amide bonds. The molecule has 3 aromatic heterocycles. The Morgan fingerprint density at radius 3 is 2.15 bits per heavy atom. The highest BCUT2D eigenvalue weighted by Gasteiger charge is 2.30. The molecule has 0 bridgehead atoms. The number of thiophene rings is 1. The summed E-state index contributed by atoms with van der Waals surface area (Å²) in [6, 6.07) is 10.8. The second kappa shape index (κ2) is 6.99. The van der Waals surface area contributed by atoms with E-state index in [1.165, 1.54) is 4.31 Å². The van der Waals surface area contributed by atoms with Gasteiger partial charge in [-0.15, -0.1) is 21.5 Å². The van der Waals surface area contributed by atoms with Gasteiger partial charge in [0.25, 0.3) is 10.0 Å². The first-order valence-corrected chi connectivity index (χ1v) is 10.6. The smallest absolute Gasteiger partial charge is 0.252 e. The fourth-order valence-electron chi connectivity index (χ4n) is 2.83. The third-order valence-electron chi connectivity index (χ3n) is 4.21. The summed E-state index contributed by atoms with van der Waals surface area (Å²) in [6.45, 7) is 1.93. The molecule has 0 aromatic carbocycles. The molecule has 0 spiro atoms. The number of aromatic nitrogens is 3. The highest BCUT2D eigenvalue weighted by molar-refractivity contribution is 7.91. The second-order valence-electron chi connectivity index (χ2n) is 5.79. The molecule has 3 aromatic rings. The molecule has 1 aliphatic heterocycles. The van der Waals surface area contributed by atoms with E-state index in [4.69, 9.17) is 11.6 Å². The van der Waals surface area contributed by atoms with Crippen molar-refractivity contribution in [1.29, 1.82) is 0 Å². The van der Waals surface area contributed by atoms with Crippen LogP contribution in [-0.2, 0) is 10.0 Å². The molecule has 0 unspecified atom stereocenters. The molecule has 0 radical (unpaired) electrons. The number of hydrogen-bond donors (Lipinski definition) is 0. The zero-order chi connectivity index (χ0) is 18.1. The average Bonchev–Trinajstić information content (AvgIpc) is 3.34. The summed E-state index contributed by atoms with van der Waals surface area (Å²) in [5, 5.41) is 8.52. The Hall–Kier alpha value is -1.94. The molecule has 136 valence electrons. The van der Waals surface area contributed by atoms with E-state index in [0.29, 0.717) is 30.5 Å². The van der Waals surface area contributed by atoms with Crippen molar-refractivity contribution >= 4 is 38.8 Å². The van der Waals surface area contributed by atoms with Crippen LogP contribution in [0.2, 0.25) is 4.34 Å². The van der Waals surface area contributed by atoms with Gasteiger partial charge in [-0.3, -0.25) is 0 Å². The number of piperazine rings is 1. The van der Waals surface area contributed by atoms with Crippen LogP contribution in [0.5, 0.6) is 0 Å². The van der Waals surface area contributed by atoms with Crippen molar-refractivity contribution in [2.75, 3.05) is 31.1 Å². The minimum Gasteiger partial charge on any atom is -0.352 e. The molecule has 1 fully saturated rings. The Bertz CT molecular complexity index is 978. The van der Waals surface area contributed by atoms with Gasteiger partial charge in [-0.1, -0.05) is 11.6 Å². The number of hydrogen-bond acceptors (Lipinski definition) is 6. The largest absolute Gasteiger partial charge is 0.352 e. The van der Waals surface area contributed by atoms with Crippen LogP contribution in [0.1, 0.15) is 0 Å². The molecule has 1 aliphatic rings. The normalized spacial score (nSPS) is 16.1. The van der Waals surface area contributed by atoms with Crippen molar-refractivity contribution in [1.82, 2.24) is 19.1 Å². The fourth-order valence-corrected chi connectivity index (χ4v) is 5.89. The quantitative estimate of drug-likeness (QED) is 0.662. The van der Waals surface area contributed by atoms with E-state index in [1.807, 2.05) is 46.1 Å². The van der Waals surface area contributed by atoms with Crippen molar-refractivity contribution in [3.8, 4) is 5.82 Å².